The molecule has 0 aromatic heterocycles. The number of amides is 2. The van der Waals surface area contributed by atoms with Crippen LogP contribution in [-0.2, 0) is 9.59 Å². The van der Waals surface area contributed by atoms with E-state index in [0.717, 1.165) is 18.7 Å². The highest BCUT2D eigenvalue weighted by Gasteiger charge is 2.36. The van der Waals surface area contributed by atoms with E-state index in [1.807, 2.05) is 13.1 Å². The van der Waals surface area contributed by atoms with Crippen molar-refractivity contribution in [3.05, 3.63) is 18.2 Å². The van der Waals surface area contributed by atoms with Crippen LogP contribution >= 0.6 is 0 Å². The molecule has 2 amide bonds. The lowest BCUT2D eigenvalue weighted by molar-refractivity contribution is -0.134. The molecule has 1 atom stereocenters. The quantitative estimate of drug-likeness (QED) is 0.830. The van der Waals surface area contributed by atoms with Gasteiger partial charge < -0.3 is 19.3 Å². The number of anilines is 1. The van der Waals surface area contributed by atoms with E-state index in [9.17, 15) is 9.59 Å². The largest absolute Gasteiger partial charge is 0.454 e. The number of carbonyl (C=O) groups is 2. The van der Waals surface area contributed by atoms with Gasteiger partial charge in [0.1, 0.15) is 0 Å². The van der Waals surface area contributed by atoms with Crippen molar-refractivity contribution in [2.24, 2.45) is 11.8 Å². The van der Waals surface area contributed by atoms with Gasteiger partial charge in [-0.25, -0.2) is 0 Å². The highest BCUT2D eigenvalue weighted by Crippen LogP contribution is 2.37. The van der Waals surface area contributed by atoms with Crippen LogP contribution in [0.3, 0.4) is 0 Å². The van der Waals surface area contributed by atoms with Crippen LogP contribution in [0.1, 0.15) is 26.7 Å². The standard InChI is InChI=1S/C18H24N2O4/c1-12(2)6-7-19(3)18(22)13-8-17(21)20(10-13)14-4-5-15-16(9-14)24-11-23-15/h4-5,9,12-13H,6-8,10-11H2,1-3H3. The Morgan fingerprint density at radius 3 is 2.83 bits per heavy atom. The summed E-state index contributed by atoms with van der Waals surface area (Å²) in [6.07, 6.45) is 1.23. The van der Waals surface area contributed by atoms with Crippen molar-refractivity contribution >= 4 is 17.5 Å². The van der Waals surface area contributed by atoms with E-state index in [2.05, 4.69) is 13.8 Å². The van der Waals surface area contributed by atoms with Gasteiger partial charge in [-0.05, 0) is 24.5 Å². The minimum absolute atomic E-state index is 0.0236. The van der Waals surface area contributed by atoms with Crippen LogP contribution in [0.2, 0.25) is 0 Å². The van der Waals surface area contributed by atoms with Crippen LogP contribution < -0.4 is 14.4 Å². The number of hydrogen-bond acceptors (Lipinski definition) is 4. The maximum absolute atomic E-state index is 12.6. The van der Waals surface area contributed by atoms with Gasteiger partial charge in [0.05, 0.1) is 5.92 Å². The van der Waals surface area contributed by atoms with Gasteiger partial charge in [0, 0.05) is 38.3 Å². The second kappa shape index (κ2) is 6.71. The second-order valence-electron chi connectivity index (χ2n) is 6.89. The summed E-state index contributed by atoms with van der Waals surface area (Å²) in [6, 6.07) is 5.44. The molecule has 6 nitrogen and oxygen atoms in total. The van der Waals surface area contributed by atoms with Gasteiger partial charge in [-0.3, -0.25) is 9.59 Å². The summed E-state index contributed by atoms with van der Waals surface area (Å²) in [7, 11) is 1.82. The molecule has 1 unspecified atom stereocenters. The van der Waals surface area contributed by atoms with E-state index in [0.29, 0.717) is 24.0 Å². The van der Waals surface area contributed by atoms with E-state index in [1.54, 1.807) is 21.9 Å². The second-order valence-corrected chi connectivity index (χ2v) is 6.89. The molecule has 130 valence electrons. The van der Waals surface area contributed by atoms with Crippen molar-refractivity contribution in [2.45, 2.75) is 26.7 Å². The molecule has 0 aliphatic carbocycles. The predicted molar refractivity (Wildman–Crippen MR) is 90.1 cm³/mol. The van der Waals surface area contributed by atoms with Crippen molar-refractivity contribution in [3.63, 3.8) is 0 Å². The molecule has 0 bridgehead atoms. The third-order valence-electron chi connectivity index (χ3n) is 4.56. The molecular weight excluding hydrogens is 308 g/mol. The first-order valence-corrected chi connectivity index (χ1v) is 8.40. The molecule has 24 heavy (non-hydrogen) atoms. The summed E-state index contributed by atoms with van der Waals surface area (Å²) in [6.45, 7) is 5.63. The molecular formula is C18H24N2O4. The Hall–Kier alpha value is -2.24. The topological polar surface area (TPSA) is 59.1 Å². The first-order chi connectivity index (χ1) is 11.5. The molecule has 6 heteroatoms. The van der Waals surface area contributed by atoms with E-state index < -0.39 is 0 Å². The maximum atomic E-state index is 12.6. The molecule has 2 heterocycles. The van der Waals surface area contributed by atoms with Crippen LogP contribution in [0.25, 0.3) is 0 Å². The number of ether oxygens (including phenoxy) is 2. The number of benzene rings is 1. The molecule has 0 spiro atoms. The highest BCUT2D eigenvalue weighted by atomic mass is 16.7. The lowest BCUT2D eigenvalue weighted by Gasteiger charge is -2.22. The number of fused-ring (bicyclic) bond motifs is 1. The monoisotopic (exact) mass is 332 g/mol. The highest BCUT2D eigenvalue weighted by molar-refractivity contribution is 6.00. The van der Waals surface area contributed by atoms with Crippen molar-refractivity contribution in [1.82, 2.24) is 4.90 Å². The zero-order valence-electron chi connectivity index (χ0n) is 14.4. The fourth-order valence-electron chi connectivity index (χ4n) is 3.05. The first-order valence-electron chi connectivity index (χ1n) is 8.40. The van der Waals surface area contributed by atoms with Gasteiger partial charge in [-0.2, -0.15) is 0 Å². The molecule has 2 aliphatic rings. The van der Waals surface area contributed by atoms with E-state index in [-0.39, 0.29) is 30.9 Å². The van der Waals surface area contributed by atoms with Gasteiger partial charge in [0.2, 0.25) is 18.6 Å². The minimum atomic E-state index is -0.278. The van der Waals surface area contributed by atoms with Crippen molar-refractivity contribution in [1.29, 1.82) is 0 Å². The fourth-order valence-corrected chi connectivity index (χ4v) is 3.05. The zero-order chi connectivity index (χ0) is 17.3. The normalized spacial score (nSPS) is 19.2. The lowest BCUT2D eigenvalue weighted by Crippen LogP contribution is -2.35. The third kappa shape index (κ3) is 3.32. The Kier molecular flexibility index (Phi) is 4.64. The average Bonchev–Trinajstić information content (AvgIpc) is 3.17. The Morgan fingerprint density at radius 1 is 1.33 bits per heavy atom. The minimum Gasteiger partial charge on any atom is -0.454 e. The Balaban J connectivity index is 1.66. The number of hydrogen-bond donors (Lipinski definition) is 0. The van der Waals surface area contributed by atoms with Crippen molar-refractivity contribution in [2.75, 3.05) is 31.8 Å². The summed E-state index contributed by atoms with van der Waals surface area (Å²) in [4.78, 5) is 28.3. The predicted octanol–water partition coefficient (Wildman–Crippen LogP) is 2.27. The van der Waals surface area contributed by atoms with Gasteiger partial charge >= 0.3 is 0 Å². The SMILES string of the molecule is CC(C)CCN(C)C(=O)C1CC(=O)N(c2ccc3c(c2)OCO3)C1. The van der Waals surface area contributed by atoms with Gasteiger partial charge in [-0.1, -0.05) is 13.8 Å². The molecule has 1 aromatic carbocycles. The smallest absolute Gasteiger partial charge is 0.231 e. The third-order valence-corrected chi connectivity index (χ3v) is 4.56. The summed E-state index contributed by atoms with van der Waals surface area (Å²) < 4.78 is 10.7. The van der Waals surface area contributed by atoms with Gasteiger partial charge in [-0.15, -0.1) is 0 Å². The van der Waals surface area contributed by atoms with Gasteiger partial charge in [0.25, 0.3) is 0 Å². The Labute approximate surface area is 142 Å². The fraction of sp³-hybridized carbons (Fsp3) is 0.556. The molecule has 0 N–H and O–H groups in total. The number of carbonyl (C=O) groups excluding carboxylic acids is 2. The van der Waals surface area contributed by atoms with Gasteiger partial charge in [0.15, 0.2) is 11.5 Å². The van der Waals surface area contributed by atoms with E-state index >= 15 is 0 Å². The summed E-state index contributed by atoms with van der Waals surface area (Å²) in [5.41, 5.74) is 0.754. The van der Waals surface area contributed by atoms with Crippen molar-refractivity contribution in [3.8, 4) is 11.5 Å². The van der Waals surface area contributed by atoms with Crippen LogP contribution in [0, 0.1) is 11.8 Å². The van der Waals surface area contributed by atoms with Crippen LogP contribution in [0.4, 0.5) is 5.69 Å². The Morgan fingerprint density at radius 2 is 2.08 bits per heavy atom. The van der Waals surface area contributed by atoms with Crippen LogP contribution in [0.5, 0.6) is 11.5 Å². The molecule has 0 radical (unpaired) electrons. The van der Waals surface area contributed by atoms with Crippen LogP contribution in [0.15, 0.2) is 18.2 Å². The van der Waals surface area contributed by atoms with Crippen LogP contribution in [-0.4, -0.2) is 43.6 Å². The summed E-state index contributed by atoms with van der Waals surface area (Å²) in [5.74, 6) is 1.63. The zero-order valence-corrected chi connectivity index (χ0v) is 14.4. The Bertz CT molecular complexity index is 644. The maximum Gasteiger partial charge on any atom is 0.231 e. The number of rotatable bonds is 5. The number of nitrogens with zero attached hydrogens (tertiary/aromatic N) is 2. The molecule has 1 fully saturated rings. The summed E-state index contributed by atoms with van der Waals surface area (Å²) >= 11 is 0. The van der Waals surface area contributed by atoms with E-state index in [1.165, 1.54) is 0 Å². The first kappa shape index (κ1) is 16.6. The van der Waals surface area contributed by atoms with E-state index in [4.69, 9.17) is 9.47 Å². The van der Waals surface area contributed by atoms with Crippen molar-refractivity contribution < 1.29 is 19.1 Å². The molecule has 2 aliphatic heterocycles. The summed E-state index contributed by atoms with van der Waals surface area (Å²) in [5, 5.41) is 0. The molecule has 0 saturated carbocycles. The average molecular weight is 332 g/mol. The molecule has 3 rings (SSSR count). The molecule has 1 saturated heterocycles. The molecule has 1 aromatic rings. The lowest BCUT2D eigenvalue weighted by atomic mass is 10.1.